The molecule has 0 aliphatic heterocycles. The van der Waals surface area contributed by atoms with E-state index in [0.717, 1.165) is 6.42 Å². The van der Waals surface area contributed by atoms with Crippen LogP contribution < -0.4 is 0 Å². The smallest absolute Gasteiger partial charge is 0.372 e. The molecule has 82 valence electrons. The number of esters is 1. The fourth-order valence-electron chi connectivity index (χ4n) is 0.702. The van der Waals surface area contributed by atoms with Gasteiger partial charge in [-0.2, -0.15) is 0 Å². The van der Waals surface area contributed by atoms with E-state index in [1.54, 1.807) is 0 Å². The second-order valence-corrected chi connectivity index (χ2v) is 2.60. The van der Waals surface area contributed by atoms with Gasteiger partial charge in [0.15, 0.2) is 5.76 Å². The Bertz CT molecular complexity index is 177. The van der Waals surface area contributed by atoms with Crippen molar-refractivity contribution in [1.29, 1.82) is 0 Å². The first-order valence-electron chi connectivity index (χ1n) is 4.78. The lowest BCUT2D eigenvalue weighted by Gasteiger charge is -2.08. The molecule has 0 aliphatic rings. The van der Waals surface area contributed by atoms with Gasteiger partial charge in [-0.3, -0.25) is 0 Å². The molecule has 0 atom stereocenters. The summed E-state index contributed by atoms with van der Waals surface area (Å²) in [6.07, 6.45) is 0.790. The Morgan fingerprint density at radius 1 is 1.14 bits per heavy atom. The molecule has 0 bridgehead atoms. The number of carbonyl (C=O) groups is 1. The van der Waals surface area contributed by atoms with Crippen LogP contribution in [-0.4, -0.2) is 32.4 Å². The van der Waals surface area contributed by atoms with Crippen molar-refractivity contribution in [2.75, 3.05) is 26.4 Å². The van der Waals surface area contributed by atoms with E-state index in [1.807, 2.05) is 13.8 Å². The minimum Gasteiger partial charge on any atom is -0.485 e. The molecular formula is C10H18O4. The quantitative estimate of drug-likeness (QED) is 0.259. The summed E-state index contributed by atoms with van der Waals surface area (Å²) in [4.78, 5) is 11.1. The fourth-order valence-corrected chi connectivity index (χ4v) is 0.702. The molecule has 0 fully saturated rings. The highest BCUT2D eigenvalue weighted by molar-refractivity contribution is 5.85. The Labute approximate surface area is 84.8 Å². The van der Waals surface area contributed by atoms with Crippen LogP contribution in [0.15, 0.2) is 12.3 Å². The number of carbonyl (C=O) groups excluding carboxylic acids is 1. The van der Waals surface area contributed by atoms with Crippen molar-refractivity contribution in [2.24, 2.45) is 0 Å². The predicted octanol–water partition coefficient (Wildman–Crippen LogP) is 1.51. The summed E-state index contributed by atoms with van der Waals surface area (Å²) in [5.74, 6) is -0.457. The highest BCUT2D eigenvalue weighted by Crippen LogP contribution is 1.97. The zero-order valence-electron chi connectivity index (χ0n) is 8.88. The Balaban J connectivity index is 3.47. The van der Waals surface area contributed by atoms with Crippen LogP contribution in [0.25, 0.3) is 0 Å². The molecule has 0 saturated heterocycles. The largest absolute Gasteiger partial charge is 0.485 e. The maximum atomic E-state index is 11.1. The van der Waals surface area contributed by atoms with Gasteiger partial charge in [0.05, 0.1) is 13.2 Å². The van der Waals surface area contributed by atoms with Crippen molar-refractivity contribution in [2.45, 2.75) is 20.3 Å². The molecule has 0 unspecified atom stereocenters. The number of rotatable bonds is 8. The number of ether oxygens (including phenoxy) is 3. The topological polar surface area (TPSA) is 44.8 Å². The second kappa shape index (κ2) is 8.56. The molecule has 0 amide bonds. The van der Waals surface area contributed by atoms with Crippen molar-refractivity contribution in [3.63, 3.8) is 0 Å². The van der Waals surface area contributed by atoms with Crippen molar-refractivity contribution < 1.29 is 19.0 Å². The first-order valence-corrected chi connectivity index (χ1v) is 4.78. The molecule has 14 heavy (non-hydrogen) atoms. The van der Waals surface area contributed by atoms with E-state index in [0.29, 0.717) is 26.4 Å². The maximum absolute atomic E-state index is 11.1. The normalized spacial score (nSPS) is 9.57. The summed E-state index contributed by atoms with van der Waals surface area (Å²) in [5, 5.41) is 0. The molecule has 0 radical (unpaired) electrons. The van der Waals surface area contributed by atoms with Crippen LogP contribution in [0.5, 0.6) is 0 Å². The summed E-state index contributed by atoms with van der Waals surface area (Å²) in [5.41, 5.74) is 0. The zero-order chi connectivity index (χ0) is 10.8. The van der Waals surface area contributed by atoms with E-state index in [-0.39, 0.29) is 5.76 Å². The van der Waals surface area contributed by atoms with Gasteiger partial charge in [0, 0.05) is 6.61 Å². The van der Waals surface area contributed by atoms with Crippen LogP contribution in [0.3, 0.4) is 0 Å². The number of hydrogen-bond acceptors (Lipinski definition) is 4. The van der Waals surface area contributed by atoms with Gasteiger partial charge in [0.1, 0.15) is 6.61 Å². The molecule has 0 aromatic carbocycles. The van der Waals surface area contributed by atoms with E-state index < -0.39 is 5.97 Å². The van der Waals surface area contributed by atoms with Gasteiger partial charge >= 0.3 is 5.97 Å². The van der Waals surface area contributed by atoms with Gasteiger partial charge in [-0.1, -0.05) is 6.92 Å². The summed E-state index contributed by atoms with van der Waals surface area (Å²) in [7, 11) is 0. The molecule has 0 heterocycles. The summed E-state index contributed by atoms with van der Waals surface area (Å²) in [6, 6.07) is 0. The minimum atomic E-state index is -0.497. The molecule has 0 aromatic heterocycles. The lowest BCUT2D eigenvalue weighted by molar-refractivity contribution is -0.143. The highest BCUT2D eigenvalue weighted by Gasteiger charge is 2.08. The van der Waals surface area contributed by atoms with Crippen LogP contribution in [-0.2, 0) is 19.0 Å². The molecule has 0 aliphatic carbocycles. The van der Waals surface area contributed by atoms with E-state index in [9.17, 15) is 4.79 Å². The SMILES string of the molecule is C=C(OCCOCC)C(=O)OCCC. The highest BCUT2D eigenvalue weighted by atomic mass is 16.6. The molecule has 0 N–H and O–H groups in total. The van der Waals surface area contributed by atoms with Crippen molar-refractivity contribution in [3.8, 4) is 0 Å². The summed E-state index contributed by atoms with van der Waals surface area (Å²) >= 11 is 0. The average molecular weight is 202 g/mol. The zero-order valence-corrected chi connectivity index (χ0v) is 8.88. The van der Waals surface area contributed by atoms with Crippen LogP contribution in [0.4, 0.5) is 0 Å². The molecule has 4 heteroatoms. The predicted molar refractivity (Wildman–Crippen MR) is 52.8 cm³/mol. The lowest BCUT2D eigenvalue weighted by atomic mass is 10.5. The number of hydrogen-bond donors (Lipinski definition) is 0. The first-order chi connectivity index (χ1) is 6.72. The molecule has 4 nitrogen and oxygen atoms in total. The minimum absolute atomic E-state index is 0.0400. The van der Waals surface area contributed by atoms with Gasteiger partial charge in [0.2, 0.25) is 0 Å². The Morgan fingerprint density at radius 3 is 2.43 bits per heavy atom. The van der Waals surface area contributed by atoms with Gasteiger partial charge < -0.3 is 14.2 Å². The monoisotopic (exact) mass is 202 g/mol. The molecular weight excluding hydrogens is 184 g/mol. The summed E-state index contributed by atoms with van der Waals surface area (Å²) in [6.45, 7) is 9.08. The lowest BCUT2D eigenvalue weighted by Crippen LogP contribution is -2.13. The molecule has 0 rings (SSSR count). The van der Waals surface area contributed by atoms with Crippen molar-refractivity contribution >= 4 is 5.97 Å². The molecule has 0 aromatic rings. The molecule has 0 saturated carbocycles. The van der Waals surface area contributed by atoms with Crippen LogP contribution in [0, 0.1) is 0 Å². The maximum Gasteiger partial charge on any atom is 0.372 e. The van der Waals surface area contributed by atoms with Gasteiger partial charge in [-0.25, -0.2) is 4.79 Å². The van der Waals surface area contributed by atoms with E-state index in [4.69, 9.17) is 14.2 Å². The van der Waals surface area contributed by atoms with Gasteiger partial charge in [0.25, 0.3) is 0 Å². The third-order valence-electron chi connectivity index (χ3n) is 1.37. The molecule has 0 spiro atoms. The van der Waals surface area contributed by atoms with Gasteiger partial charge in [-0.05, 0) is 19.9 Å². The second-order valence-electron chi connectivity index (χ2n) is 2.60. The van der Waals surface area contributed by atoms with Crippen LogP contribution in [0.1, 0.15) is 20.3 Å². The standard InChI is InChI=1S/C10H18O4/c1-4-6-14-10(11)9(3)13-8-7-12-5-2/h3-8H2,1-2H3. The average Bonchev–Trinajstić information content (AvgIpc) is 2.20. The Morgan fingerprint density at radius 2 is 1.86 bits per heavy atom. The van der Waals surface area contributed by atoms with E-state index >= 15 is 0 Å². The first kappa shape index (κ1) is 13.0. The van der Waals surface area contributed by atoms with E-state index in [2.05, 4.69) is 6.58 Å². The fraction of sp³-hybridized carbons (Fsp3) is 0.700. The van der Waals surface area contributed by atoms with E-state index in [1.165, 1.54) is 0 Å². The van der Waals surface area contributed by atoms with Crippen LogP contribution in [0.2, 0.25) is 0 Å². The van der Waals surface area contributed by atoms with Crippen molar-refractivity contribution in [1.82, 2.24) is 0 Å². The van der Waals surface area contributed by atoms with Crippen LogP contribution >= 0.6 is 0 Å². The third-order valence-corrected chi connectivity index (χ3v) is 1.37. The Hall–Kier alpha value is -1.03. The summed E-state index contributed by atoms with van der Waals surface area (Å²) < 4.78 is 14.8. The van der Waals surface area contributed by atoms with Gasteiger partial charge in [-0.15, -0.1) is 0 Å². The Kier molecular flexibility index (Phi) is 7.93. The third kappa shape index (κ3) is 6.48. The van der Waals surface area contributed by atoms with Crippen molar-refractivity contribution in [3.05, 3.63) is 12.3 Å².